The van der Waals surface area contributed by atoms with E-state index in [4.69, 9.17) is 19.9 Å². The van der Waals surface area contributed by atoms with E-state index in [2.05, 4.69) is 152 Å². The van der Waals surface area contributed by atoms with E-state index in [0.29, 0.717) is 29.3 Å². The molecule has 0 aliphatic heterocycles. The van der Waals surface area contributed by atoms with Gasteiger partial charge in [0.15, 0.2) is 17.5 Å². The minimum Gasteiger partial charge on any atom is -0.244 e. The topological polar surface area (TPSA) is 51.6 Å². The highest BCUT2D eigenvalue weighted by molar-refractivity contribution is 7.26. The lowest BCUT2D eigenvalue weighted by molar-refractivity contribution is -0.0399. The molecule has 304 valence electrons. The Hall–Kier alpha value is -6.60. The largest absolute Gasteiger partial charge is 0.244 e. The Balaban J connectivity index is 1.04. The Labute approximate surface area is 378 Å². The Morgan fingerprint density at radius 1 is 0.422 bits per heavy atom. The molecule has 0 amide bonds. The minimum atomic E-state index is -0.0386. The minimum absolute atomic E-state index is 0.0386. The summed E-state index contributed by atoms with van der Waals surface area (Å²) in [5.74, 6) is 4.89. The summed E-state index contributed by atoms with van der Waals surface area (Å²) in [7, 11) is 0. The average Bonchev–Trinajstić information content (AvgIpc) is 4.01. The first-order chi connectivity index (χ1) is 31.6. The molecule has 11 aromatic rings. The standard InChI is InChI=1S/C58H40N4S2/c1-6-16-47-34(10-1)20-22-48(59-47)57-61-55(42-14-9-19-52-54(42)41-13-4-8-18-50(41)64-52)60-56(62-57)44-30-36(35-21-23-51-43(29-35)39-11-3-7-17-49(39)63-51)31-46-53(44)40-12-2-5-15-45(40)58(46)37-25-32-24-33(27-37)28-38(58)26-32/h1-23,29-33,37-38H,24-28H2. The smallest absolute Gasteiger partial charge is 0.182 e. The van der Waals surface area contributed by atoms with Crippen molar-refractivity contribution >= 4 is 73.9 Å². The number of hydrogen-bond acceptors (Lipinski definition) is 6. The van der Waals surface area contributed by atoms with Crippen LogP contribution in [0.2, 0.25) is 0 Å². The SMILES string of the molecule is c1ccc2c(c1)-c1c(-c3nc(-c4ccc5ccccc5n4)nc(-c4cccc5sc6ccccc6c45)n3)cc(-c3ccc4sc5ccccc5c4c3)cc1C21C2CC3CC(C2)CC1C3. The Morgan fingerprint density at radius 3 is 1.94 bits per heavy atom. The van der Waals surface area contributed by atoms with Crippen LogP contribution >= 0.6 is 22.7 Å². The van der Waals surface area contributed by atoms with E-state index in [9.17, 15) is 0 Å². The van der Waals surface area contributed by atoms with E-state index in [-0.39, 0.29) is 5.41 Å². The normalized spacial score (nSPS) is 21.8. The van der Waals surface area contributed by atoms with Crippen molar-refractivity contribution in [3.8, 4) is 56.5 Å². The van der Waals surface area contributed by atoms with Crippen molar-refractivity contribution in [3.63, 3.8) is 0 Å². The van der Waals surface area contributed by atoms with Crippen molar-refractivity contribution in [3.05, 3.63) is 169 Å². The van der Waals surface area contributed by atoms with Crippen LogP contribution in [0.4, 0.5) is 0 Å². The van der Waals surface area contributed by atoms with Gasteiger partial charge in [0.2, 0.25) is 0 Å². The van der Waals surface area contributed by atoms with Crippen molar-refractivity contribution in [2.75, 3.05) is 0 Å². The molecule has 7 aromatic carbocycles. The molecule has 0 atom stereocenters. The lowest BCUT2D eigenvalue weighted by atomic mass is 9.43. The zero-order valence-corrected chi connectivity index (χ0v) is 36.6. The molecule has 64 heavy (non-hydrogen) atoms. The highest BCUT2D eigenvalue weighted by Crippen LogP contribution is 2.70. The lowest BCUT2D eigenvalue weighted by Gasteiger charge is -2.61. The number of hydrogen-bond donors (Lipinski definition) is 0. The van der Waals surface area contributed by atoms with Gasteiger partial charge < -0.3 is 0 Å². The van der Waals surface area contributed by atoms with Crippen LogP contribution in [-0.4, -0.2) is 19.9 Å². The van der Waals surface area contributed by atoms with Crippen LogP contribution in [0.3, 0.4) is 0 Å². The quantitative estimate of drug-likeness (QED) is 0.177. The average molecular weight is 857 g/mol. The second kappa shape index (κ2) is 13.2. The highest BCUT2D eigenvalue weighted by Gasteiger charge is 2.62. The van der Waals surface area contributed by atoms with Gasteiger partial charge in [-0.3, -0.25) is 0 Å². The van der Waals surface area contributed by atoms with Crippen molar-refractivity contribution in [2.45, 2.75) is 37.5 Å². The number of para-hydroxylation sites is 1. The molecule has 4 saturated carbocycles. The first-order valence-electron chi connectivity index (χ1n) is 22.9. The van der Waals surface area contributed by atoms with Crippen molar-refractivity contribution in [1.82, 2.24) is 19.9 Å². The molecule has 4 heterocycles. The fourth-order valence-corrected chi connectivity index (χ4v) is 15.6. The molecule has 4 nitrogen and oxygen atoms in total. The van der Waals surface area contributed by atoms with Crippen molar-refractivity contribution < 1.29 is 0 Å². The summed E-state index contributed by atoms with van der Waals surface area (Å²) in [4.78, 5) is 21.8. The van der Waals surface area contributed by atoms with Gasteiger partial charge in [0.25, 0.3) is 0 Å². The molecule has 0 unspecified atom stereocenters. The molecule has 4 bridgehead atoms. The first kappa shape index (κ1) is 35.8. The summed E-state index contributed by atoms with van der Waals surface area (Å²) in [6.45, 7) is 0. The number of benzene rings is 7. The predicted octanol–water partition coefficient (Wildman–Crippen LogP) is 15.5. The van der Waals surface area contributed by atoms with Gasteiger partial charge in [0.05, 0.1) is 5.52 Å². The van der Waals surface area contributed by atoms with E-state index in [1.807, 2.05) is 28.7 Å². The summed E-state index contributed by atoms with van der Waals surface area (Å²) in [6, 6.07) is 58.2. The lowest BCUT2D eigenvalue weighted by Crippen LogP contribution is -2.55. The van der Waals surface area contributed by atoms with E-state index in [1.54, 1.807) is 0 Å². The molecule has 0 radical (unpaired) electrons. The fraction of sp³-hybridized carbons (Fsp3) is 0.172. The van der Waals surface area contributed by atoms with Gasteiger partial charge in [-0.25, -0.2) is 19.9 Å². The molecule has 5 aliphatic rings. The van der Waals surface area contributed by atoms with E-state index in [1.165, 1.54) is 106 Å². The monoisotopic (exact) mass is 856 g/mol. The van der Waals surface area contributed by atoms with Gasteiger partial charge >= 0.3 is 0 Å². The van der Waals surface area contributed by atoms with Crippen LogP contribution < -0.4 is 0 Å². The molecule has 0 N–H and O–H groups in total. The van der Waals surface area contributed by atoms with Crippen LogP contribution in [0.15, 0.2) is 158 Å². The maximum absolute atomic E-state index is 5.65. The number of thiophene rings is 2. The molecular weight excluding hydrogens is 817 g/mol. The zero-order valence-electron chi connectivity index (χ0n) is 35.0. The van der Waals surface area contributed by atoms with Gasteiger partial charge in [0, 0.05) is 62.3 Å². The molecule has 4 aromatic heterocycles. The third-order valence-electron chi connectivity index (χ3n) is 15.7. The molecular formula is C58H40N4S2. The van der Waals surface area contributed by atoms with Gasteiger partial charge in [0.1, 0.15) is 5.69 Å². The summed E-state index contributed by atoms with van der Waals surface area (Å²) < 4.78 is 5.13. The van der Waals surface area contributed by atoms with Crippen LogP contribution in [0.5, 0.6) is 0 Å². The van der Waals surface area contributed by atoms with Crippen molar-refractivity contribution in [2.24, 2.45) is 23.7 Å². The first-order valence-corrected chi connectivity index (χ1v) is 24.5. The second-order valence-corrected chi connectivity index (χ2v) is 21.1. The highest BCUT2D eigenvalue weighted by atomic mass is 32.1. The predicted molar refractivity (Wildman–Crippen MR) is 266 cm³/mol. The van der Waals surface area contributed by atoms with Gasteiger partial charge in [-0.15, -0.1) is 22.7 Å². The summed E-state index contributed by atoms with van der Waals surface area (Å²) in [5, 5.41) is 6.14. The third kappa shape index (κ3) is 4.98. The van der Waals surface area contributed by atoms with E-state index < -0.39 is 0 Å². The van der Waals surface area contributed by atoms with Gasteiger partial charge in [-0.2, -0.15) is 0 Å². The Kier molecular flexibility index (Phi) is 7.40. The van der Waals surface area contributed by atoms with Crippen LogP contribution in [0, 0.1) is 23.7 Å². The molecule has 1 spiro atoms. The fourth-order valence-electron chi connectivity index (χ4n) is 13.4. The maximum atomic E-state index is 5.65. The molecule has 4 fully saturated rings. The van der Waals surface area contributed by atoms with E-state index in [0.717, 1.165) is 39.6 Å². The van der Waals surface area contributed by atoms with Crippen LogP contribution in [0.25, 0.3) is 108 Å². The molecule has 16 rings (SSSR count). The number of aromatic nitrogens is 4. The number of pyridine rings is 1. The van der Waals surface area contributed by atoms with Gasteiger partial charge in [-0.1, -0.05) is 103 Å². The van der Waals surface area contributed by atoms with Crippen molar-refractivity contribution in [1.29, 1.82) is 0 Å². The molecule has 6 heteroatoms. The Morgan fingerprint density at radius 2 is 1.08 bits per heavy atom. The van der Waals surface area contributed by atoms with Crippen LogP contribution in [-0.2, 0) is 5.41 Å². The Bertz CT molecular complexity index is 3760. The number of fused-ring (bicyclic) bond motifs is 10. The van der Waals surface area contributed by atoms with Crippen LogP contribution in [0.1, 0.15) is 43.2 Å². The third-order valence-corrected chi connectivity index (χ3v) is 18.0. The van der Waals surface area contributed by atoms with Gasteiger partial charge in [-0.05, 0) is 144 Å². The summed E-state index contributed by atoms with van der Waals surface area (Å²) in [5.41, 5.74) is 11.9. The second-order valence-electron chi connectivity index (χ2n) is 18.9. The summed E-state index contributed by atoms with van der Waals surface area (Å²) >= 11 is 3.70. The number of nitrogens with zero attached hydrogens (tertiary/aromatic N) is 4. The van der Waals surface area contributed by atoms with E-state index >= 15 is 0 Å². The number of rotatable bonds is 4. The molecule has 5 aliphatic carbocycles. The summed E-state index contributed by atoms with van der Waals surface area (Å²) in [6.07, 6.45) is 6.70. The zero-order chi connectivity index (χ0) is 41.7. The maximum Gasteiger partial charge on any atom is 0.182 e. The molecule has 0 saturated heterocycles.